The summed E-state index contributed by atoms with van der Waals surface area (Å²) in [4.78, 5) is 26.5. The molecule has 182 valence electrons. The number of rotatable bonds is 9. The summed E-state index contributed by atoms with van der Waals surface area (Å²) in [6.45, 7) is 3.94. The van der Waals surface area contributed by atoms with Crippen LogP contribution in [0.1, 0.15) is 56.6 Å². The highest BCUT2D eigenvalue weighted by Gasteiger charge is 2.28. The molecule has 2 aliphatic rings. The van der Waals surface area contributed by atoms with Gasteiger partial charge in [-0.3, -0.25) is 9.59 Å². The maximum atomic E-state index is 13.5. The number of hydrogen-bond donors (Lipinski definition) is 3. The van der Waals surface area contributed by atoms with Crippen LogP contribution in [0.4, 0.5) is 11.4 Å². The average Bonchev–Trinajstić information content (AvgIpc) is 2.88. The molecule has 2 aromatic carbocycles. The van der Waals surface area contributed by atoms with E-state index in [2.05, 4.69) is 32.7 Å². The van der Waals surface area contributed by atoms with Crippen molar-refractivity contribution in [1.29, 1.82) is 0 Å². The number of fused-ring (bicyclic) bond motifs is 1. The Bertz CT molecular complexity index is 962. The number of nitrogens with one attached hydrogen (secondary N) is 3. The minimum atomic E-state index is -0.608. The fourth-order valence-corrected chi connectivity index (χ4v) is 5.65. The number of anilines is 2. The molecule has 0 spiro atoms. The number of carbonyl (C=O) groups is 2. The zero-order valence-corrected chi connectivity index (χ0v) is 20.8. The van der Waals surface area contributed by atoms with Crippen molar-refractivity contribution in [2.45, 2.75) is 64.3 Å². The molecule has 1 saturated carbocycles. The molecule has 1 aliphatic heterocycles. The first-order valence-electron chi connectivity index (χ1n) is 12.6. The molecule has 1 atom stereocenters. The number of amides is 2. The molecule has 1 unspecified atom stereocenters. The van der Waals surface area contributed by atoms with Crippen molar-refractivity contribution in [3.05, 3.63) is 59.7 Å². The lowest BCUT2D eigenvalue weighted by Crippen LogP contribution is -2.47. The Labute approximate surface area is 207 Å². The molecule has 0 radical (unpaired) electrons. The van der Waals surface area contributed by atoms with Gasteiger partial charge in [-0.15, -0.1) is 0 Å². The summed E-state index contributed by atoms with van der Waals surface area (Å²) in [6, 6.07) is 15.4. The van der Waals surface area contributed by atoms with Crippen LogP contribution >= 0.6 is 12.1 Å². The highest BCUT2D eigenvalue weighted by molar-refractivity contribution is 7.98. The molecule has 0 aromatic heterocycles. The van der Waals surface area contributed by atoms with Crippen molar-refractivity contribution in [2.24, 2.45) is 5.92 Å². The Morgan fingerprint density at radius 3 is 2.59 bits per heavy atom. The van der Waals surface area contributed by atoms with E-state index in [1.54, 1.807) is 12.1 Å². The summed E-state index contributed by atoms with van der Waals surface area (Å²) in [5.74, 6) is -0.127. The molecule has 6 nitrogen and oxygen atoms in total. The number of benzene rings is 2. The lowest BCUT2D eigenvalue weighted by Gasteiger charge is -2.31. The molecule has 4 rings (SSSR count). The van der Waals surface area contributed by atoms with Gasteiger partial charge in [0, 0.05) is 43.2 Å². The van der Waals surface area contributed by atoms with E-state index >= 15 is 0 Å². The summed E-state index contributed by atoms with van der Waals surface area (Å²) < 4.78 is 5.58. The molecule has 2 amide bonds. The topological polar surface area (TPSA) is 73.5 Å². The van der Waals surface area contributed by atoms with Crippen molar-refractivity contribution in [2.75, 3.05) is 22.7 Å². The minimum Gasteiger partial charge on any atom is -0.344 e. The lowest BCUT2D eigenvalue weighted by atomic mass is 9.88. The summed E-state index contributed by atoms with van der Waals surface area (Å²) in [7, 11) is 0. The van der Waals surface area contributed by atoms with E-state index in [0.717, 1.165) is 74.1 Å². The number of hydrogen-bond acceptors (Lipinski definition) is 5. The van der Waals surface area contributed by atoms with Crippen LogP contribution in [-0.2, 0) is 22.4 Å². The third-order valence-electron chi connectivity index (χ3n) is 6.68. The van der Waals surface area contributed by atoms with Gasteiger partial charge in [-0.05, 0) is 48.9 Å². The van der Waals surface area contributed by atoms with E-state index in [9.17, 15) is 9.59 Å². The molecular formula is C27H36N4O2S. The fourth-order valence-electron chi connectivity index (χ4n) is 4.88. The second kappa shape index (κ2) is 12.3. The van der Waals surface area contributed by atoms with E-state index in [0.29, 0.717) is 6.42 Å². The van der Waals surface area contributed by atoms with E-state index in [1.807, 2.05) is 42.5 Å². The highest BCUT2D eigenvalue weighted by Crippen LogP contribution is 2.35. The number of carbonyl (C=O) groups excluding carboxylic acids is 2. The molecule has 2 aromatic rings. The van der Waals surface area contributed by atoms with Gasteiger partial charge in [-0.25, -0.2) is 4.72 Å². The van der Waals surface area contributed by atoms with Crippen LogP contribution in [0.3, 0.4) is 0 Å². The zero-order chi connectivity index (χ0) is 23.8. The fraction of sp³-hybridized carbons (Fsp3) is 0.481. The van der Waals surface area contributed by atoms with Gasteiger partial charge in [-0.2, -0.15) is 0 Å². The molecule has 1 heterocycles. The third-order valence-corrected chi connectivity index (χ3v) is 7.69. The van der Waals surface area contributed by atoms with Crippen LogP contribution in [-0.4, -0.2) is 30.9 Å². The largest absolute Gasteiger partial charge is 0.344 e. The van der Waals surface area contributed by atoms with Crippen LogP contribution in [0.2, 0.25) is 0 Å². The van der Waals surface area contributed by atoms with Crippen molar-refractivity contribution < 1.29 is 9.59 Å². The Morgan fingerprint density at radius 2 is 1.82 bits per heavy atom. The first-order chi connectivity index (χ1) is 16.7. The second-order valence-corrected chi connectivity index (χ2v) is 10.1. The molecule has 0 bridgehead atoms. The van der Waals surface area contributed by atoms with E-state index in [1.165, 1.54) is 6.42 Å². The maximum Gasteiger partial charge on any atom is 0.247 e. The molecule has 1 aliphatic carbocycles. The molecule has 34 heavy (non-hydrogen) atoms. The van der Waals surface area contributed by atoms with Crippen molar-refractivity contribution in [1.82, 2.24) is 10.0 Å². The summed E-state index contributed by atoms with van der Waals surface area (Å²) in [5.41, 5.74) is 4.18. The van der Waals surface area contributed by atoms with E-state index < -0.39 is 6.04 Å². The van der Waals surface area contributed by atoms with Gasteiger partial charge in [0.15, 0.2) is 0 Å². The van der Waals surface area contributed by atoms with Crippen molar-refractivity contribution in [3.8, 4) is 0 Å². The van der Waals surface area contributed by atoms with Crippen molar-refractivity contribution >= 4 is 35.3 Å². The number of nitrogens with zero attached hydrogens (tertiary/aromatic N) is 1. The summed E-state index contributed by atoms with van der Waals surface area (Å²) >= 11 is 1.61. The van der Waals surface area contributed by atoms with E-state index in [4.69, 9.17) is 0 Å². The Balaban J connectivity index is 1.51. The normalized spacial score (nSPS) is 17.0. The monoisotopic (exact) mass is 480 g/mol. The van der Waals surface area contributed by atoms with Gasteiger partial charge < -0.3 is 14.9 Å². The average molecular weight is 481 g/mol. The summed E-state index contributed by atoms with van der Waals surface area (Å²) in [6.07, 6.45) is 7.63. The quantitative estimate of drug-likeness (QED) is 0.447. The van der Waals surface area contributed by atoms with Gasteiger partial charge in [0.1, 0.15) is 6.04 Å². The second-order valence-electron chi connectivity index (χ2n) is 9.17. The van der Waals surface area contributed by atoms with Crippen LogP contribution in [0.15, 0.2) is 48.5 Å². The standard InChI is InChI=1S/C27H36N4O2S/c1-2-28-34-31-18-10-15-22-23(16-9-17-25(22)31)29-27(33)24(19-20-11-5-3-6-12-20)30-26(32)21-13-7-4-8-14-21/h3,5-6,9,11-12,16-17,21,24,28H,2,4,7-8,10,13-15,18-19H2,1H3,(H,29,33)(H,30,32). The molecule has 3 N–H and O–H groups in total. The van der Waals surface area contributed by atoms with Crippen LogP contribution in [0.5, 0.6) is 0 Å². The van der Waals surface area contributed by atoms with Gasteiger partial charge in [0.05, 0.1) is 5.69 Å². The van der Waals surface area contributed by atoms with Crippen LogP contribution in [0, 0.1) is 5.92 Å². The van der Waals surface area contributed by atoms with Gasteiger partial charge in [-0.1, -0.05) is 62.6 Å². The first kappa shape index (κ1) is 24.6. The highest BCUT2D eigenvalue weighted by atomic mass is 32.2. The van der Waals surface area contributed by atoms with Gasteiger partial charge in [0.2, 0.25) is 11.8 Å². The smallest absolute Gasteiger partial charge is 0.247 e. The summed E-state index contributed by atoms with van der Waals surface area (Å²) in [5, 5.41) is 6.26. The molecule has 0 saturated heterocycles. The SMILES string of the molecule is CCNSN1CCCc2c(NC(=O)C(Cc3ccccc3)NC(=O)C3CCCCC3)cccc21. The molecule has 1 fully saturated rings. The maximum absolute atomic E-state index is 13.5. The van der Waals surface area contributed by atoms with E-state index in [-0.39, 0.29) is 17.7 Å². The van der Waals surface area contributed by atoms with Crippen LogP contribution < -0.4 is 19.7 Å². The third kappa shape index (κ3) is 6.33. The predicted molar refractivity (Wildman–Crippen MR) is 141 cm³/mol. The van der Waals surface area contributed by atoms with Gasteiger partial charge >= 0.3 is 0 Å². The zero-order valence-electron chi connectivity index (χ0n) is 20.0. The minimum absolute atomic E-state index is 0.0130. The Morgan fingerprint density at radius 1 is 1.03 bits per heavy atom. The first-order valence-corrected chi connectivity index (χ1v) is 13.4. The Hall–Kier alpha value is -2.51. The van der Waals surface area contributed by atoms with Crippen molar-refractivity contribution in [3.63, 3.8) is 0 Å². The molecular weight excluding hydrogens is 444 g/mol. The Kier molecular flexibility index (Phi) is 8.88. The van der Waals surface area contributed by atoms with Crippen LogP contribution in [0.25, 0.3) is 0 Å². The predicted octanol–water partition coefficient (Wildman–Crippen LogP) is 4.86. The molecule has 7 heteroatoms. The van der Waals surface area contributed by atoms with Gasteiger partial charge in [0.25, 0.3) is 0 Å². The lowest BCUT2D eigenvalue weighted by molar-refractivity contribution is -0.130.